The first kappa shape index (κ1) is 14.3. The third-order valence-electron chi connectivity index (χ3n) is 4.22. The van der Waals surface area contributed by atoms with Crippen LogP contribution >= 0.6 is 27.3 Å². The number of halogens is 1. The van der Waals surface area contributed by atoms with Crippen LogP contribution in [0.25, 0.3) is 0 Å². The molecule has 1 unspecified atom stereocenters. The second-order valence-electron chi connectivity index (χ2n) is 5.54. The smallest absolute Gasteiger partial charge is 0.114 e. The van der Waals surface area contributed by atoms with E-state index in [9.17, 15) is 5.11 Å². The summed E-state index contributed by atoms with van der Waals surface area (Å²) in [5.41, 5.74) is 2.42. The zero-order chi connectivity index (χ0) is 13.9. The molecule has 20 heavy (non-hydrogen) atoms. The Morgan fingerprint density at radius 2 is 1.75 bits per heavy atom. The molecule has 0 radical (unpaired) electrons. The Morgan fingerprint density at radius 3 is 2.35 bits per heavy atom. The minimum atomic E-state index is -0.523. The standard InChI is InChI=1S/C17H19BrOS/c18-15-10-11-20-17(15)16(19)14-8-6-13(7-9-14)12-4-2-1-3-5-12/h6-12,16,19H,1-5H2. The van der Waals surface area contributed by atoms with Crippen LogP contribution < -0.4 is 0 Å². The van der Waals surface area contributed by atoms with E-state index in [0.29, 0.717) is 0 Å². The molecule has 0 bridgehead atoms. The lowest BCUT2D eigenvalue weighted by atomic mass is 9.84. The Balaban J connectivity index is 1.77. The molecule has 1 N–H and O–H groups in total. The van der Waals surface area contributed by atoms with Gasteiger partial charge in [0.05, 0.1) is 4.88 Å². The summed E-state index contributed by atoms with van der Waals surface area (Å²) in [5.74, 6) is 0.725. The van der Waals surface area contributed by atoms with Crippen molar-refractivity contribution in [3.8, 4) is 0 Å². The average molecular weight is 351 g/mol. The lowest BCUT2D eigenvalue weighted by Gasteiger charge is -2.22. The van der Waals surface area contributed by atoms with Gasteiger partial charge in [-0.1, -0.05) is 43.5 Å². The lowest BCUT2D eigenvalue weighted by molar-refractivity contribution is 0.223. The first-order valence-corrected chi connectivity index (χ1v) is 8.94. The summed E-state index contributed by atoms with van der Waals surface area (Å²) < 4.78 is 0.992. The monoisotopic (exact) mass is 350 g/mol. The average Bonchev–Trinajstić information content (AvgIpc) is 2.94. The maximum atomic E-state index is 10.4. The normalized spacial score (nSPS) is 18.1. The van der Waals surface area contributed by atoms with Gasteiger partial charge in [-0.2, -0.15) is 0 Å². The van der Waals surface area contributed by atoms with Crippen LogP contribution in [0.3, 0.4) is 0 Å². The highest BCUT2D eigenvalue weighted by Gasteiger charge is 2.18. The van der Waals surface area contributed by atoms with Gasteiger partial charge in [0.25, 0.3) is 0 Å². The third-order valence-corrected chi connectivity index (χ3v) is 6.15. The molecule has 1 aromatic heterocycles. The quantitative estimate of drug-likeness (QED) is 0.759. The Hall–Kier alpha value is -0.640. The number of rotatable bonds is 3. The Kier molecular flexibility index (Phi) is 4.59. The van der Waals surface area contributed by atoms with Gasteiger partial charge in [-0.05, 0) is 57.3 Å². The van der Waals surface area contributed by atoms with Crippen LogP contribution in [0.4, 0.5) is 0 Å². The molecule has 1 aromatic carbocycles. The van der Waals surface area contributed by atoms with Crippen LogP contribution in [0.5, 0.6) is 0 Å². The van der Waals surface area contributed by atoms with Gasteiger partial charge in [-0.15, -0.1) is 11.3 Å². The Bertz CT molecular complexity index is 555. The van der Waals surface area contributed by atoms with Gasteiger partial charge in [-0.3, -0.25) is 0 Å². The zero-order valence-corrected chi connectivity index (χ0v) is 13.8. The number of thiophene rings is 1. The molecule has 0 amide bonds. The van der Waals surface area contributed by atoms with Gasteiger partial charge in [0.1, 0.15) is 6.10 Å². The molecule has 0 spiro atoms. The molecular weight excluding hydrogens is 332 g/mol. The minimum absolute atomic E-state index is 0.523. The summed E-state index contributed by atoms with van der Waals surface area (Å²) >= 11 is 5.08. The van der Waals surface area contributed by atoms with Gasteiger partial charge in [0.15, 0.2) is 0 Å². The highest BCUT2D eigenvalue weighted by molar-refractivity contribution is 9.10. The van der Waals surface area contributed by atoms with E-state index in [1.54, 1.807) is 11.3 Å². The van der Waals surface area contributed by atoms with E-state index in [0.717, 1.165) is 20.8 Å². The van der Waals surface area contributed by atoms with Crippen molar-refractivity contribution in [3.05, 3.63) is 56.2 Å². The van der Waals surface area contributed by atoms with E-state index in [1.165, 1.54) is 37.7 Å². The van der Waals surface area contributed by atoms with Crippen molar-refractivity contribution < 1.29 is 5.11 Å². The fourth-order valence-electron chi connectivity index (χ4n) is 3.04. The van der Waals surface area contributed by atoms with Crippen molar-refractivity contribution in [3.63, 3.8) is 0 Å². The van der Waals surface area contributed by atoms with Crippen molar-refractivity contribution in [2.24, 2.45) is 0 Å². The van der Waals surface area contributed by atoms with Crippen molar-refractivity contribution >= 4 is 27.3 Å². The van der Waals surface area contributed by atoms with E-state index >= 15 is 0 Å². The molecule has 0 aliphatic heterocycles. The molecule has 1 aliphatic carbocycles. The van der Waals surface area contributed by atoms with Crippen LogP contribution in [-0.4, -0.2) is 5.11 Å². The van der Waals surface area contributed by atoms with E-state index in [-0.39, 0.29) is 0 Å². The molecule has 1 heterocycles. The van der Waals surface area contributed by atoms with Crippen molar-refractivity contribution in [1.82, 2.24) is 0 Å². The van der Waals surface area contributed by atoms with Crippen LogP contribution in [-0.2, 0) is 0 Å². The summed E-state index contributed by atoms with van der Waals surface area (Å²) in [6, 6.07) is 10.6. The number of aliphatic hydroxyl groups excluding tert-OH is 1. The van der Waals surface area contributed by atoms with E-state index in [4.69, 9.17) is 0 Å². The van der Waals surface area contributed by atoms with Gasteiger partial charge >= 0.3 is 0 Å². The van der Waals surface area contributed by atoms with Gasteiger partial charge in [0, 0.05) is 4.47 Å². The molecular formula is C17H19BrOS. The molecule has 1 nitrogen and oxygen atoms in total. The highest BCUT2D eigenvalue weighted by Crippen LogP contribution is 2.35. The molecule has 3 heteroatoms. The summed E-state index contributed by atoms with van der Waals surface area (Å²) in [4.78, 5) is 0.982. The Labute approximate surface area is 132 Å². The second-order valence-corrected chi connectivity index (χ2v) is 7.34. The summed E-state index contributed by atoms with van der Waals surface area (Å²) in [6.45, 7) is 0. The summed E-state index contributed by atoms with van der Waals surface area (Å²) in [5, 5.41) is 12.4. The molecule has 2 aromatic rings. The first-order chi connectivity index (χ1) is 9.75. The topological polar surface area (TPSA) is 20.2 Å². The van der Waals surface area contributed by atoms with Crippen LogP contribution in [0.15, 0.2) is 40.2 Å². The molecule has 106 valence electrons. The van der Waals surface area contributed by atoms with Crippen molar-refractivity contribution in [2.75, 3.05) is 0 Å². The summed E-state index contributed by atoms with van der Waals surface area (Å²) in [7, 11) is 0. The fraction of sp³-hybridized carbons (Fsp3) is 0.412. The minimum Gasteiger partial charge on any atom is -0.383 e. The van der Waals surface area contributed by atoms with Crippen LogP contribution in [0.2, 0.25) is 0 Å². The molecule has 1 aliphatic rings. The predicted octanol–water partition coefficient (Wildman–Crippen LogP) is 5.64. The van der Waals surface area contributed by atoms with E-state index in [2.05, 4.69) is 40.2 Å². The van der Waals surface area contributed by atoms with Gasteiger partial charge in [0.2, 0.25) is 0 Å². The maximum absolute atomic E-state index is 10.4. The summed E-state index contributed by atoms with van der Waals surface area (Å²) in [6.07, 6.45) is 6.22. The van der Waals surface area contributed by atoms with E-state index < -0.39 is 6.10 Å². The predicted molar refractivity (Wildman–Crippen MR) is 88.3 cm³/mol. The third kappa shape index (κ3) is 3.00. The van der Waals surface area contributed by atoms with Crippen LogP contribution in [0.1, 0.15) is 60.1 Å². The SMILES string of the molecule is OC(c1ccc(C2CCCCC2)cc1)c1sccc1Br. The van der Waals surface area contributed by atoms with Crippen molar-refractivity contribution in [1.29, 1.82) is 0 Å². The molecule has 1 saturated carbocycles. The number of hydrogen-bond acceptors (Lipinski definition) is 2. The first-order valence-electron chi connectivity index (χ1n) is 7.26. The van der Waals surface area contributed by atoms with Gasteiger partial charge in [-0.25, -0.2) is 0 Å². The number of benzene rings is 1. The van der Waals surface area contributed by atoms with E-state index in [1.807, 2.05) is 11.4 Å². The largest absolute Gasteiger partial charge is 0.383 e. The number of aliphatic hydroxyl groups is 1. The fourth-order valence-corrected chi connectivity index (χ4v) is 4.64. The second kappa shape index (κ2) is 6.42. The maximum Gasteiger partial charge on any atom is 0.114 e. The van der Waals surface area contributed by atoms with Crippen LogP contribution in [0, 0.1) is 0 Å². The number of hydrogen-bond donors (Lipinski definition) is 1. The highest BCUT2D eigenvalue weighted by atomic mass is 79.9. The molecule has 3 rings (SSSR count). The van der Waals surface area contributed by atoms with Crippen molar-refractivity contribution in [2.45, 2.75) is 44.1 Å². The Morgan fingerprint density at radius 1 is 1.05 bits per heavy atom. The molecule has 0 saturated heterocycles. The van der Waals surface area contributed by atoms with Gasteiger partial charge < -0.3 is 5.11 Å². The molecule has 1 atom stereocenters. The molecule has 1 fully saturated rings. The lowest BCUT2D eigenvalue weighted by Crippen LogP contribution is -2.05. The zero-order valence-electron chi connectivity index (χ0n) is 11.4.